The molecule has 11 rings (SSSR count). The summed E-state index contributed by atoms with van der Waals surface area (Å²) in [6.45, 7) is 0. The van der Waals surface area contributed by atoms with Gasteiger partial charge in [-0.2, -0.15) is 0 Å². The van der Waals surface area contributed by atoms with Gasteiger partial charge in [0.25, 0.3) is 0 Å². The van der Waals surface area contributed by atoms with Gasteiger partial charge in [-0.05, 0) is 87.0 Å². The lowest BCUT2D eigenvalue weighted by Crippen LogP contribution is -1.97. The molecule has 0 aliphatic carbocycles. The summed E-state index contributed by atoms with van der Waals surface area (Å²) in [6, 6.07) is 83.6. The molecule has 0 saturated heterocycles. The van der Waals surface area contributed by atoms with Crippen molar-refractivity contribution < 1.29 is 0 Å². The predicted molar refractivity (Wildman–Crippen MR) is 245 cm³/mol. The highest BCUT2D eigenvalue weighted by molar-refractivity contribution is 6.24. The van der Waals surface area contributed by atoms with E-state index in [2.05, 4.69) is 240 Å². The molecule has 0 N–H and O–H groups in total. The average molecular weight is 739 g/mol. The van der Waals surface area contributed by atoms with Crippen LogP contribution >= 0.6 is 0 Å². The number of hydrogen-bond donors (Lipinski definition) is 0. The molecule has 0 fully saturated rings. The SMILES string of the molecule is c1ccc(-c2ccc(-n3c4ccc(-c5ccccc5-c5ccccc5)cc4c4ccc5c(c(-c6ccccc6)c(-c6ccccc6)n5-c5ccccc5)c43)cc2)cc1. The van der Waals surface area contributed by atoms with Crippen LogP contribution < -0.4 is 0 Å². The standard InChI is InChI=1S/C56H38N2/c1-6-18-39(19-7-1)40-30-33-46(34-31-40)57-51-36-32-44(48-29-17-16-28-47(48)41-20-8-2-9-21-41)38-50(51)49-35-37-52-54(56(49)57)53(42-22-10-3-11-23-42)55(43-24-12-4-13-25-43)58(52)45-26-14-5-15-27-45/h1-38H. The first kappa shape index (κ1) is 33.6. The normalized spacial score (nSPS) is 11.4. The highest BCUT2D eigenvalue weighted by Gasteiger charge is 2.26. The van der Waals surface area contributed by atoms with Crippen LogP contribution in [0.1, 0.15) is 0 Å². The average Bonchev–Trinajstić information content (AvgIpc) is 3.84. The molecule has 2 heterocycles. The number of hydrogen-bond acceptors (Lipinski definition) is 0. The molecule has 0 spiro atoms. The van der Waals surface area contributed by atoms with E-state index >= 15 is 0 Å². The summed E-state index contributed by atoms with van der Waals surface area (Å²) in [5, 5.41) is 3.66. The van der Waals surface area contributed by atoms with Gasteiger partial charge in [-0.1, -0.05) is 188 Å². The van der Waals surface area contributed by atoms with Gasteiger partial charge in [0, 0.05) is 33.1 Å². The van der Waals surface area contributed by atoms with Crippen LogP contribution in [-0.4, -0.2) is 9.13 Å². The Morgan fingerprint density at radius 3 is 1.38 bits per heavy atom. The Morgan fingerprint density at radius 1 is 0.276 bits per heavy atom. The second-order valence-electron chi connectivity index (χ2n) is 14.9. The van der Waals surface area contributed by atoms with Gasteiger partial charge >= 0.3 is 0 Å². The molecule has 0 atom stereocenters. The molecule has 0 bridgehead atoms. The first-order chi connectivity index (χ1) is 28.8. The van der Waals surface area contributed by atoms with Gasteiger partial charge in [-0.3, -0.25) is 0 Å². The van der Waals surface area contributed by atoms with E-state index in [0.717, 1.165) is 16.9 Å². The number of fused-ring (bicyclic) bond motifs is 5. The number of nitrogens with zero attached hydrogens (tertiary/aromatic N) is 2. The minimum absolute atomic E-state index is 1.12. The zero-order chi connectivity index (χ0) is 38.4. The van der Waals surface area contributed by atoms with Crippen LogP contribution in [0.15, 0.2) is 231 Å². The van der Waals surface area contributed by atoms with Gasteiger partial charge < -0.3 is 9.13 Å². The third kappa shape index (κ3) is 5.57. The van der Waals surface area contributed by atoms with Gasteiger partial charge in [0.2, 0.25) is 0 Å². The maximum atomic E-state index is 2.51. The highest BCUT2D eigenvalue weighted by atomic mass is 15.0. The highest BCUT2D eigenvalue weighted by Crippen LogP contribution is 2.48. The minimum Gasteiger partial charge on any atom is -0.309 e. The summed E-state index contributed by atoms with van der Waals surface area (Å²) in [5.41, 5.74) is 17.8. The van der Waals surface area contributed by atoms with Crippen LogP contribution in [0.3, 0.4) is 0 Å². The zero-order valence-electron chi connectivity index (χ0n) is 31.8. The van der Waals surface area contributed by atoms with Gasteiger partial charge in [0.05, 0.1) is 22.2 Å². The molecule has 0 unspecified atom stereocenters. The first-order valence-corrected chi connectivity index (χ1v) is 19.9. The van der Waals surface area contributed by atoms with Gasteiger partial charge in [0.1, 0.15) is 0 Å². The fourth-order valence-electron chi connectivity index (χ4n) is 8.95. The van der Waals surface area contributed by atoms with E-state index in [9.17, 15) is 0 Å². The van der Waals surface area contributed by atoms with Crippen molar-refractivity contribution >= 4 is 32.7 Å². The lowest BCUT2D eigenvalue weighted by atomic mass is 9.93. The molecule has 11 aromatic rings. The molecule has 0 amide bonds. The third-order valence-electron chi connectivity index (χ3n) is 11.5. The summed E-state index contributed by atoms with van der Waals surface area (Å²) in [4.78, 5) is 0. The van der Waals surface area contributed by atoms with Crippen molar-refractivity contribution in [2.75, 3.05) is 0 Å². The maximum Gasteiger partial charge on any atom is 0.0641 e. The van der Waals surface area contributed by atoms with E-state index in [1.54, 1.807) is 0 Å². The molecular formula is C56H38N2. The summed E-state index contributed by atoms with van der Waals surface area (Å²) >= 11 is 0. The van der Waals surface area contributed by atoms with E-state index in [4.69, 9.17) is 0 Å². The Balaban J connectivity index is 1.28. The van der Waals surface area contributed by atoms with Crippen molar-refractivity contribution in [1.29, 1.82) is 0 Å². The van der Waals surface area contributed by atoms with Crippen molar-refractivity contribution in [2.45, 2.75) is 0 Å². The number of benzene rings is 9. The Labute approximate surface area is 338 Å². The fourth-order valence-corrected chi connectivity index (χ4v) is 8.95. The Bertz CT molecular complexity index is 3220. The largest absolute Gasteiger partial charge is 0.309 e. The van der Waals surface area contributed by atoms with E-state index in [-0.39, 0.29) is 0 Å². The molecule has 272 valence electrons. The monoisotopic (exact) mass is 738 g/mol. The fraction of sp³-hybridized carbons (Fsp3) is 0. The van der Waals surface area contributed by atoms with Gasteiger partial charge in [-0.15, -0.1) is 0 Å². The lowest BCUT2D eigenvalue weighted by Gasteiger charge is -2.13. The Hall–Kier alpha value is -7.68. The molecule has 2 heteroatoms. The molecule has 0 aliphatic heterocycles. The Morgan fingerprint density at radius 2 is 0.741 bits per heavy atom. The summed E-state index contributed by atoms with van der Waals surface area (Å²) in [5.74, 6) is 0. The van der Waals surface area contributed by atoms with Crippen molar-refractivity contribution in [2.24, 2.45) is 0 Å². The predicted octanol–water partition coefficient (Wildman–Crippen LogP) is 15.1. The summed E-state index contributed by atoms with van der Waals surface area (Å²) < 4.78 is 4.97. The van der Waals surface area contributed by atoms with Crippen molar-refractivity contribution in [1.82, 2.24) is 9.13 Å². The maximum absolute atomic E-state index is 2.51. The van der Waals surface area contributed by atoms with Gasteiger partial charge in [0.15, 0.2) is 0 Å². The second-order valence-corrected chi connectivity index (χ2v) is 14.9. The second kappa shape index (κ2) is 14.1. The lowest BCUT2D eigenvalue weighted by molar-refractivity contribution is 1.13. The molecule has 0 saturated carbocycles. The summed E-state index contributed by atoms with van der Waals surface area (Å²) in [6.07, 6.45) is 0. The summed E-state index contributed by atoms with van der Waals surface area (Å²) in [7, 11) is 0. The molecule has 9 aromatic carbocycles. The first-order valence-electron chi connectivity index (χ1n) is 19.9. The van der Waals surface area contributed by atoms with Crippen LogP contribution in [0.4, 0.5) is 0 Å². The van der Waals surface area contributed by atoms with Crippen molar-refractivity contribution in [3.05, 3.63) is 231 Å². The minimum atomic E-state index is 1.12. The van der Waals surface area contributed by atoms with Crippen molar-refractivity contribution in [3.63, 3.8) is 0 Å². The third-order valence-corrected chi connectivity index (χ3v) is 11.5. The quantitative estimate of drug-likeness (QED) is 0.154. The number of rotatable bonds is 7. The molecule has 0 radical (unpaired) electrons. The van der Waals surface area contributed by atoms with E-state index in [1.807, 2.05) is 0 Å². The van der Waals surface area contributed by atoms with Crippen LogP contribution in [0.25, 0.3) is 99.8 Å². The topological polar surface area (TPSA) is 9.86 Å². The molecule has 58 heavy (non-hydrogen) atoms. The molecule has 2 nitrogen and oxygen atoms in total. The van der Waals surface area contributed by atoms with Crippen LogP contribution in [0.2, 0.25) is 0 Å². The number of para-hydroxylation sites is 1. The van der Waals surface area contributed by atoms with Crippen molar-refractivity contribution in [3.8, 4) is 67.1 Å². The van der Waals surface area contributed by atoms with Crippen LogP contribution in [0.5, 0.6) is 0 Å². The smallest absolute Gasteiger partial charge is 0.0641 e. The molecule has 2 aromatic heterocycles. The Kier molecular flexibility index (Phi) is 8.19. The van der Waals surface area contributed by atoms with E-state index in [1.165, 1.54) is 83.0 Å². The van der Waals surface area contributed by atoms with Gasteiger partial charge in [-0.25, -0.2) is 0 Å². The molecular weight excluding hydrogens is 701 g/mol. The van der Waals surface area contributed by atoms with Crippen LogP contribution in [0, 0.1) is 0 Å². The van der Waals surface area contributed by atoms with Crippen LogP contribution in [-0.2, 0) is 0 Å². The molecule has 0 aliphatic rings. The zero-order valence-corrected chi connectivity index (χ0v) is 31.8. The van der Waals surface area contributed by atoms with E-state index < -0.39 is 0 Å². The number of aromatic nitrogens is 2. The van der Waals surface area contributed by atoms with E-state index in [0.29, 0.717) is 0 Å².